The third-order valence-electron chi connectivity index (χ3n) is 5.79. The Morgan fingerprint density at radius 1 is 1.06 bits per heavy atom. The first-order chi connectivity index (χ1) is 15.0. The van der Waals surface area contributed by atoms with Gasteiger partial charge in [-0.1, -0.05) is 0 Å². The summed E-state index contributed by atoms with van der Waals surface area (Å²) in [6, 6.07) is 6.91. The van der Waals surface area contributed by atoms with E-state index >= 15 is 0 Å². The van der Waals surface area contributed by atoms with E-state index in [1.165, 1.54) is 4.90 Å². The molecule has 1 amide bonds. The van der Waals surface area contributed by atoms with Crippen LogP contribution < -0.4 is 19.9 Å². The number of alkyl halides is 3. The second-order valence-corrected chi connectivity index (χ2v) is 7.85. The van der Waals surface area contributed by atoms with Crippen LogP contribution in [0.2, 0.25) is 0 Å². The summed E-state index contributed by atoms with van der Waals surface area (Å²) in [4.78, 5) is 14.3. The molecule has 32 heavy (non-hydrogen) atoms. The Labute approximate surface area is 180 Å². The molecule has 0 radical (unpaired) electrons. The number of amides is 1. The number of halogens is 5. The molecule has 0 bridgehead atoms. The molecule has 0 atom stereocenters. The fraction of sp³-hybridized carbons (Fsp3) is 0.381. The molecule has 11 heteroatoms. The van der Waals surface area contributed by atoms with Crippen LogP contribution in [0, 0.1) is 11.6 Å². The van der Waals surface area contributed by atoms with Gasteiger partial charge in [0.25, 0.3) is 5.91 Å². The highest BCUT2D eigenvalue weighted by molar-refractivity contribution is 5.97. The quantitative estimate of drug-likeness (QED) is 0.684. The predicted octanol–water partition coefficient (Wildman–Crippen LogP) is 3.96. The van der Waals surface area contributed by atoms with Gasteiger partial charge < -0.3 is 25.0 Å². The van der Waals surface area contributed by atoms with E-state index in [4.69, 9.17) is 4.74 Å². The molecule has 2 aliphatic heterocycles. The second-order valence-electron chi connectivity index (χ2n) is 7.85. The molecule has 1 fully saturated rings. The van der Waals surface area contributed by atoms with Crippen molar-refractivity contribution in [1.82, 2.24) is 0 Å². The first-order valence-corrected chi connectivity index (χ1v) is 9.82. The van der Waals surface area contributed by atoms with Crippen molar-refractivity contribution in [3.05, 3.63) is 42.0 Å². The Hall–Kier alpha value is -3.08. The topological polar surface area (TPSA) is 65.0 Å². The second kappa shape index (κ2) is 7.80. The molecule has 0 spiro atoms. The van der Waals surface area contributed by atoms with Gasteiger partial charge in [0.2, 0.25) is 0 Å². The minimum atomic E-state index is -4.80. The molecule has 0 unspecified atom stereocenters. The maximum absolute atomic E-state index is 14.7. The molecule has 0 aromatic heterocycles. The number of fused-ring (bicyclic) bond motifs is 1. The molecule has 6 nitrogen and oxygen atoms in total. The molecular weight excluding hydrogens is 437 g/mol. The van der Waals surface area contributed by atoms with Gasteiger partial charge in [-0.2, -0.15) is 13.2 Å². The van der Waals surface area contributed by atoms with Crippen LogP contribution in [0.4, 0.5) is 44.7 Å². The summed E-state index contributed by atoms with van der Waals surface area (Å²) in [5.74, 6) is -1.65. The molecular formula is C21H20F5N3O3. The van der Waals surface area contributed by atoms with Crippen molar-refractivity contribution in [2.75, 3.05) is 41.9 Å². The van der Waals surface area contributed by atoms with Crippen molar-refractivity contribution in [1.29, 1.82) is 0 Å². The summed E-state index contributed by atoms with van der Waals surface area (Å²) in [6.07, 6.45) is -6.16. The lowest BCUT2D eigenvalue weighted by molar-refractivity contribution is -0.266. The fourth-order valence-electron chi connectivity index (χ4n) is 3.85. The zero-order valence-electron chi connectivity index (χ0n) is 17.0. The number of nitrogens with zero attached hydrogens (tertiary/aromatic N) is 2. The number of piperidine rings is 1. The number of rotatable bonds is 3. The van der Waals surface area contributed by atoms with Gasteiger partial charge in [0, 0.05) is 50.4 Å². The average molecular weight is 457 g/mol. The summed E-state index contributed by atoms with van der Waals surface area (Å²) in [6.45, 7) is -0.805. The van der Waals surface area contributed by atoms with Crippen molar-refractivity contribution in [3.8, 4) is 5.75 Å². The van der Waals surface area contributed by atoms with Crippen LogP contribution in [-0.4, -0.2) is 49.5 Å². The van der Waals surface area contributed by atoms with Crippen LogP contribution in [0.15, 0.2) is 30.3 Å². The van der Waals surface area contributed by atoms with Crippen molar-refractivity contribution in [3.63, 3.8) is 0 Å². The van der Waals surface area contributed by atoms with Crippen molar-refractivity contribution >= 4 is 28.7 Å². The van der Waals surface area contributed by atoms with Crippen LogP contribution in [-0.2, 0) is 4.79 Å². The lowest BCUT2D eigenvalue weighted by Gasteiger charge is -2.40. The zero-order valence-corrected chi connectivity index (χ0v) is 17.0. The maximum atomic E-state index is 14.7. The third kappa shape index (κ3) is 3.92. The summed E-state index contributed by atoms with van der Waals surface area (Å²) in [7, 11) is 1.61. The third-order valence-corrected chi connectivity index (χ3v) is 5.79. The van der Waals surface area contributed by atoms with Gasteiger partial charge in [0.05, 0.1) is 5.69 Å². The van der Waals surface area contributed by atoms with Gasteiger partial charge >= 0.3 is 6.18 Å². The van der Waals surface area contributed by atoms with E-state index in [1.807, 2.05) is 0 Å². The molecule has 4 rings (SSSR count). The van der Waals surface area contributed by atoms with Crippen LogP contribution in [0.1, 0.15) is 12.8 Å². The van der Waals surface area contributed by atoms with Crippen LogP contribution in [0.25, 0.3) is 0 Å². The molecule has 0 saturated carbocycles. The number of aliphatic hydroxyl groups is 1. The largest absolute Gasteiger partial charge is 0.481 e. The van der Waals surface area contributed by atoms with E-state index in [0.29, 0.717) is 17.1 Å². The zero-order chi connectivity index (χ0) is 23.3. The number of hydrogen-bond donors (Lipinski definition) is 2. The highest BCUT2D eigenvalue weighted by Gasteiger charge is 2.54. The predicted molar refractivity (Wildman–Crippen MR) is 107 cm³/mol. The van der Waals surface area contributed by atoms with Crippen molar-refractivity contribution in [2.24, 2.45) is 0 Å². The molecule has 2 heterocycles. The lowest BCUT2D eigenvalue weighted by atomic mass is 9.90. The van der Waals surface area contributed by atoms with Gasteiger partial charge in [-0.3, -0.25) is 4.79 Å². The Kier molecular flexibility index (Phi) is 5.40. The SMILES string of the molecule is CN1C(=O)COc2cc(Nc3cc(F)c(N4CCC(O)(C(F)(F)F)CC4)c(F)c3)ccc21. The monoisotopic (exact) mass is 457 g/mol. The van der Waals surface area contributed by atoms with Crippen molar-refractivity contribution in [2.45, 2.75) is 24.6 Å². The number of ether oxygens (including phenoxy) is 1. The highest BCUT2D eigenvalue weighted by atomic mass is 19.4. The van der Waals surface area contributed by atoms with Crippen molar-refractivity contribution < 1.29 is 36.6 Å². The van der Waals surface area contributed by atoms with Gasteiger partial charge in [-0.15, -0.1) is 0 Å². The summed E-state index contributed by atoms with van der Waals surface area (Å²) >= 11 is 0. The summed E-state index contributed by atoms with van der Waals surface area (Å²) in [5, 5.41) is 12.6. The number of anilines is 4. The van der Waals surface area contributed by atoms with Gasteiger partial charge in [-0.05, 0) is 24.3 Å². The van der Waals surface area contributed by atoms with Gasteiger partial charge in [0.1, 0.15) is 11.4 Å². The number of likely N-dealkylation sites (N-methyl/N-ethyl adjacent to an activating group) is 1. The summed E-state index contributed by atoms with van der Waals surface area (Å²) in [5.41, 5.74) is -2.18. The van der Waals surface area contributed by atoms with E-state index in [0.717, 1.165) is 17.0 Å². The van der Waals surface area contributed by atoms with E-state index in [1.54, 1.807) is 25.2 Å². The minimum absolute atomic E-state index is 0.0905. The minimum Gasteiger partial charge on any atom is -0.481 e. The molecule has 2 aliphatic rings. The Balaban J connectivity index is 1.51. The van der Waals surface area contributed by atoms with Crippen LogP contribution >= 0.6 is 0 Å². The Morgan fingerprint density at radius 3 is 2.28 bits per heavy atom. The molecule has 2 N–H and O–H groups in total. The molecule has 172 valence electrons. The van der Waals surface area contributed by atoms with Gasteiger partial charge in [0.15, 0.2) is 23.8 Å². The molecule has 2 aromatic carbocycles. The number of hydrogen-bond acceptors (Lipinski definition) is 5. The molecule has 2 aromatic rings. The van der Waals surface area contributed by atoms with E-state index in [9.17, 15) is 31.9 Å². The van der Waals surface area contributed by atoms with Gasteiger partial charge in [-0.25, -0.2) is 8.78 Å². The van der Waals surface area contributed by atoms with E-state index in [-0.39, 0.29) is 31.3 Å². The first-order valence-electron chi connectivity index (χ1n) is 9.82. The smallest absolute Gasteiger partial charge is 0.417 e. The lowest BCUT2D eigenvalue weighted by Crippen LogP contribution is -2.53. The Bertz CT molecular complexity index is 1030. The number of carbonyl (C=O) groups is 1. The highest BCUT2D eigenvalue weighted by Crippen LogP contribution is 2.41. The average Bonchev–Trinajstić information content (AvgIpc) is 2.71. The van der Waals surface area contributed by atoms with E-state index < -0.39 is 41.9 Å². The standard InChI is InChI=1S/C21H20F5N3O3/c1-28-16-3-2-12(10-17(16)32-11-18(28)30)27-13-8-14(22)19(15(23)9-13)29-6-4-20(31,5-7-29)21(24,25)26/h2-3,8-10,27,31H,4-7,11H2,1H3. The molecule has 0 aliphatic carbocycles. The van der Waals surface area contributed by atoms with Crippen LogP contribution in [0.5, 0.6) is 5.75 Å². The number of carbonyl (C=O) groups excluding carboxylic acids is 1. The Morgan fingerprint density at radius 2 is 1.69 bits per heavy atom. The number of nitrogens with one attached hydrogen (secondary N) is 1. The normalized spacial score (nSPS) is 18.3. The fourth-order valence-corrected chi connectivity index (χ4v) is 3.85. The summed E-state index contributed by atoms with van der Waals surface area (Å²) < 4.78 is 73.7. The molecule has 1 saturated heterocycles. The maximum Gasteiger partial charge on any atom is 0.417 e. The van der Waals surface area contributed by atoms with E-state index in [2.05, 4.69) is 5.32 Å². The first kappa shape index (κ1) is 22.1. The van der Waals surface area contributed by atoms with Crippen LogP contribution in [0.3, 0.4) is 0 Å². The number of benzene rings is 2.